The van der Waals surface area contributed by atoms with Crippen LogP contribution in [0.1, 0.15) is 19.8 Å². The summed E-state index contributed by atoms with van der Waals surface area (Å²) >= 11 is 5.84. The summed E-state index contributed by atoms with van der Waals surface area (Å²) in [5, 5.41) is 6.65. The fourth-order valence-electron chi connectivity index (χ4n) is 2.98. The first-order valence-corrected chi connectivity index (χ1v) is 9.12. The van der Waals surface area contributed by atoms with Gasteiger partial charge < -0.3 is 15.5 Å². The van der Waals surface area contributed by atoms with Crippen LogP contribution in [0.25, 0.3) is 0 Å². The minimum absolute atomic E-state index is 0.0867. The minimum Gasteiger partial charge on any atom is -0.376 e. The number of benzene rings is 2. The third-order valence-electron chi connectivity index (χ3n) is 4.60. The molecule has 0 unspecified atom stereocenters. The molecule has 2 aromatic rings. The Morgan fingerprint density at radius 1 is 1.04 bits per heavy atom. The predicted octanol–water partition coefficient (Wildman–Crippen LogP) is 4.63. The first-order valence-electron chi connectivity index (χ1n) is 8.74. The van der Waals surface area contributed by atoms with Crippen LogP contribution in [0.3, 0.4) is 0 Å². The van der Waals surface area contributed by atoms with Crippen molar-refractivity contribution in [3.63, 3.8) is 0 Å². The van der Waals surface area contributed by atoms with Crippen molar-refractivity contribution < 1.29 is 4.79 Å². The van der Waals surface area contributed by atoms with Gasteiger partial charge in [-0.25, -0.2) is 0 Å². The van der Waals surface area contributed by atoms with Crippen molar-refractivity contribution in [2.75, 3.05) is 35.2 Å². The van der Waals surface area contributed by atoms with Crippen LogP contribution >= 0.6 is 11.6 Å². The Hall–Kier alpha value is -2.20. The lowest BCUT2D eigenvalue weighted by atomic mass is 9.99. The maximum atomic E-state index is 12.0. The molecule has 0 aliphatic carbocycles. The van der Waals surface area contributed by atoms with Gasteiger partial charge >= 0.3 is 0 Å². The number of amides is 1. The second kappa shape index (κ2) is 8.26. The van der Waals surface area contributed by atoms with E-state index >= 15 is 0 Å². The minimum atomic E-state index is -0.0867. The van der Waals surface area contributed by atoms with Crippen molar-refractivity contribution in [1.82, 2.24) is 0 Å². The average molecular weight is 358 g/mol. The Morgan fingerprint density at radius 2 is 1.64 bits per heavy atom. The van der Waals surface area contributed by atoms with E-state index in [-0.39, 0.29) is 12.5 Å². The zero-order valence-electron chi connectivity index (χ0n) is 14.5. The van der Waals surface area contributed by atoms with Crippen molar-refractivity contribution in [1.29, 1.82) is 0 Å². The van der Waals surface area contributed by atoms with Crippen molar-refractivity contribution in [3.8, 4) is 0 Å². The molecule has 1 aliphatic rings. The molecule has 5 heteroatoms. The van der Waals surface area contributed by atoms with Crippen molar-refractivity contribution in [2.24, 2.45) is 5.92 Å². The average Bonchev–Trinajstić information content (AvgIpc) is 2.63. The van der Waals surface area contributed by atoms with E-state index in [1.54, 1.807) is 24.3 Å². The molecule has 1 heterocycles. The Balaban J connectivity index is 1.48. The maximum absolute atomic E-state index is 12.0. The van der Waals surface area contributed by atoms with Gasteiger partial charge in [-0.2, -0.15) is 0 Å². The molecule has 1 amide bonds. The van der Waals surface area contributed by atoms with Crippen LogP contribution in [-0.2, 0) is 4.79 Å². The van der Waals surface area contributed by atoms with Crippen LogP contribution in [0.15, 0.2) is 48.5 Å². The molecule has 2 N–H and O–H groups in total. The number of nitrogens with zero attached hydrogens (tertiary/aromatic N) is 1. The number of halogens is 1. The molecule has 0 bridgehead atoms. The number of hydrogen-bond acceptors (Lipinski definition) is 3. The van der Waals surface area contributed by atoms with Crippen molar-refractivity contribution >= 4 is 34.6 Å². The Labute approximate surface area is 154 Å². The Morgan fingerprint density at radius 3 is 2.28 bits per heavy atom. The van der Waals surface area contributed by atoms with Gasteiger partial charge in [0.05, 0.1) is 6.54 Å². The molecule has 1 aliphatic heterocycles. The summed E-state index contributed by atoms with van der Waals surface area (Å²) in [6.07, 6.45) is 2.51. The van der Waals surface area contributed by atoms with Crippen molar-refractivity contribution in [3.05, 3.63) is 53.6 Å². The smallest absolute Gasteiger partial charge is 0.243 e. The number of piperidine rings is 1. The van der Waals surface area contributed by atoms with Gasteiger partial charge in [-0.1, -0.05) is 18.5 Å². The summed E-state index contributed by atoms with van der Waals surface area (Å²) in [5.74, 6) is 0.743. The molecule has 0 spiro atoms. The van der Waals surface area contributed by atoms with Crippen LogP contribution in [0.2, 0.25) is 5.02 Å². The van der Waals surface area contributed by atoms with E-state index in [9.17, 15) is 4.79 Å². The fourth-order valence-corrected chi connectivity index (χ4v) is 3.10. The van der Waals surface area contributed by atoms with E-state index < -0.39 is 0 Å². The number of anilines is 3. The van der Waals surface area contributed by atoms with Gasteiger partial charge in [0.25, 0.3) is 0 Å². The zero-order valence-corrected chi connectivity index (χ0v) is 15.2. The highest BCUT2D eigenvalue weighted by Crippen LogP contribution is 2.24. The number of rotatable bonds is 5. The van der Waals surface area contributed by atoms with Crippen LogP contribution in [0.4, 0.5) is 17.1 Å². The summed E-state index contributed by atoms with van der Waals surface area (Å²) in [4.78, 5) is 14.4. The molecule has 0 radical (unpaired) electrons. The molecule has 1 saturated heterocycles. The summed E-state index contributed by atoms with van der Waals surface area (Å²) < 4.78 is 0. The largest absolute Gasteiger partial charge is 0.376 e. The van der Waals surface area contributed by atoms with Gasteiger partial charge in [0, 0.05) is 35.2 Å². The van der Waals surface area contributed by atoms with E-state index in [4.69, 9.17) is 11.6 Å². The van der Waals surface area contributed by atoms with Crippen LogP contribution in [0, 0.1) is 5.92 Å². The molecule has 25 heavy (non-hydrogen) atoms. The molecule has 4 nitrogen and oxygen atoms in total. The Kier molecular flexibility index (Phi) is 5.82. The van der Waals surface area contributed by atoms with E-state index in [1.807, 2.05) is 12.1 Å². The summed E-state index contributed by atoms with van der Waals surface area (Å²) in [6.45, 7) is 4.79. The molecule has 0 atom stereocenters. The van der Waals surface area contributed by atoms with E-state index in [0.29, 0.717) is 5.02 Å². The van der Waals surface area contributed by atoms with E-state index in [0.717, 1.165) is 30.4 Å². The monoisotopic (exact) mass is 357 g/mol. The normalized spacial score (nSPS) is 15.0. The second-order valence-electron chi connectivity index (χ2n) is 6.63. The van der Waals surface area contributed by atoms with Gasteiger partial charge in [-0.05, 0) is 67.3 Å². The number of nitrogens with one attached hydrogen (secondary N) is 2. The van der Waals surface area contributed by atoms with Gasteiger partial charge in [0.2, 0.25) is 5.91 Å². The predicted molar refractivity (Wildman–Crippen MR) is 106 cm³/mol. The van der Waals surface area contributed by atoms with Crippen LogP contribution in [0.5, 0.6) is 0 Å². The van der Waals surface area contributed by atoms with E-state index in [1.165, 1.54) is 18.5 Å². The standard InChI is InChI=1S/C20H24ClN3O/c1-15-10-12-24(13-11-15)19-8-6-17(7-9-19)22-14-20(25)23-18-4-2-16(21)3-5-18/h2-9,15,22H,10-14H2,1H3,(H,23,25). The van der Waals surface area contributed by atoms with Crippen molar-refractivity contribution in [2.45, 2.75) is 19.8 Å². The quantitative estimate of drug-likeness (QED) is 0.820. The lowest BCUT2D eigenvalue weighted by molar-refractivity contribution is -0.114. The molecular weight excluding hydrogens is 334 g/mol. The summed E-state index contributed by atoms with van der Waals surface area (Å²) in [7, 11) is 0. The van der Waals surface area contributed by atoms with Gasteiger partial charge in [-0.15, -0.1) is 0 Å². The summed E-state index contributed by atoms with van der Waals surface area (Å²) in [5.41, 5.74) is 2.94. The Bertz CT molecular complexity index is 692. The highest BCUT2D eigenvalue weighted by molar-refractivity contribution is 6.30. The topological polar surface area (TPSA) is 44.4 Å². The number of carbonyl (C=O) groups is 1. The third kappa shape index (κ3) is 5.13. The molecule has 132 valence electrons. The lowest BCUT2D eigenvalue weighted by Crippen LogP contribution is -2.32. The molecule has 0 saturated carbocycles. The molecule has 0 aromatic heterocycles. The molecule has 3 rings (SSSR count). The van der Waals surface area contributed by atoms with Crippen LogP contribution < -0.4 is 15.5 Å². The number of hydrogen-bond donors (Lipinski definition) is 2. The SMILES string of the molecule is CC1CCN(c2ccc(NCC(=O)Nc3ccc(Cl)cc3)cc2)CC1. The summed E-state index contributed by atoms with van der Waals surface area (Å²) in [6, 6.07) is 15.4. The van der Waals surface area contributed by atoms with Gasteiger partial charge in [0.15, 0.2) is 0 Å². The second-order valence-corrected chi connectivity index (χ2v) is 7.06. The first kappa shape index (κ1) is 17.6. The fraction of sp³-hybridized carbons (Fsp3) is 0.350. The molecular formula is C20H24ClN3O. The van der Waals surface area contributed by atoms with E-state index in [2.05, 4.69) is 34.6 Å². The van der Waals surface area contributed by atoms with Gasteiger partial charge in [0.1, 0.15) is 0 Å². The third-order valence-corrected chi connectivity index (χ3v) is 4.85. The van der Waals surface area contributed by atoms with Gasteiger partial charge in [-0.3, -0.25) is 4.79 Å². The maximum Gasteiger partial charge on any atom is 0.243 e. The highest BCUT2D eigenvalue weighted by Gasteiger charge is 2.15. The molecule has 1 fully saturated rings. The zero-order chi connectivity index (χ0) is 17.6. The lowest BCUT2D eigenvalue weighted by Gasteiger charge is -2.32. The van der Waals surface area contributed by atoms with Crippen LogP contribution in [-0.4, -0.2) is 25.5 Å². The highest BCUT2D eigenvalue weighted by atomic mass is 35.5. The number of carbonyl (C=O) groups excluding carboxylic acids is 1. The first-order chi connectivity index (χ1) is 12.1. The molecule has 2 aromatic carbocycles.